The Morgan fingerprint density at radius 1 is 1.43 bits per heavy atom. The Balaban J connectivity index is 3.03. The van der Waals surface area contributed by atoms with E-state index in [1.165, 1.54) is 0 Å². The maximum atomic E-state index is 11.5. The first-order valence-electron chi connectivity index (χ1n) is 5.05. The molecule has 1 heterocycles. The largest absolute Gasteiger partial charge is 0.328 e. The Morgan fingerprint density at radius 3 is 2.07 bits per heavy atom. The highest BCUT2D eigenvalue weighted by Crippen LogP contribution is 2.38. The van der Waals surface area contributed by atoms with Gasteiger partial charge >= 0.3 is 0 Å². The standard InChI is InChI=1S/C10H19NO2Si/c1-9(2,3)11-8(13)6-10(11,7-12)14(4)5/h7,14H,6H2,1-5H3/t10-/m0/s1. The lowest BCUT2D eigenvalue weighted by molar-refractivity contribution is -0.161. The number of hydrogen-bond acceptors (Lipinski definition) is 2. The summed E-state index contributed by atoms with van der Waals surface area (Å²) in [6, 6.07) is 0. The average molecular weight is 213 g/mol. The number of β-lactam (4-membered cyclic amide) rings is 1. The maximum absolute atomic E-state index is 11.5. The molecule has 1 atom stereocenters. The predicted octanol–water partition coefficient (Wildman–Crippen LogP) is 0.981. The van der Waals surface area contributed by atoms with Gasteiger partial charge in [0.2, 0.25) is 5.91 Å². The van der Waals surface area contributed by atoms with E-state index in [2.05, 4.69) is 13.1 Å². The lowest BCUT2D eigenvalue weighted by Gasteiger charge is -2.57. The minimum atomic E-state index is -1.17. The summed E-state index contributed by atoms with van der Waals surface area (Å²) in [6.45, 7) is 10.2. The molecule has 80 valence electrons. The minimum Gasteiger partial charge on any atom is -0.328 e. The second kappa shape index (κ2) is 3.19. The van der Waals surface area contributed by atoms with Gasteiger partial charge in [0, 0.05) is 5.54 Å². The monoisotopic (exact) mass is 213 g/mol. The highest BCUT2D eigenvalue weighted by molar-refractivity contribution is 6.65. The molecule has 1 fully saturated rings. The molecule has 1 amide bonds. The van der Waals surface area contributed by atoms with E-state index in [9.17, 15) is 9.59 Å². The van der Waals surface area contributed by atoms with E-state index >= 15 is 0 Å². The van der Waals surface area contributed by atoms with Crippen molar-refractivity contribution in [3.8, 4) is 0 Å². The van der Waals surface area contributed by atoms with E-state index in [0.717, 1.165) is 6.29 Å². The third-order valence-corrected chi connectivity index (χ3v) is 5.57. The van der Waals surface area contributed by atoms with Gasteiger partial charge in [-0.25, -0.2) is 0 Å². The second-order valence-corrected chi connectivity index (χ2v) is 8.65. The number of amides is 1. The number of nitrogens with zero attached hydrogens (tertiary/aromatic N) is 1. The normalized spacial score (nSPS) is 27.9. The molecule has 0 aliphatic carbocycles. The molecule has 0 aromatic heterocycles. The molecule has 0 aromatic rings. The summed E-state index contributed by atoms with van der Waals surface area (Å²) in [4.78, 5) is 24.5. The lowest BCUT2D eigenvalue weighted by atomic mass is 9.92. The van der Waals surface area contributed by atoms with Crippen LogP contribution in [0.4, 0.5) is 0 Å². The first kappa shape index (κ1) is 11.4. The molecule has 14 heavy (non-hydrogen) atoms. The van der Waals surface area contributed by atoms with E-state index in [1.807, 2.05) is 20.8 Å². The third-order valence-electron chi connectivity index (χ3n) is 2.97. The van der Waals surface area contributed by atoms with Crippen molar-refractivity contribution in [2.24, 2.45) is 0 Å². The second-order valence-electron chi connectivity index (χ2n) is 5.34. The number of likely N-dealkylation sites (tertiary alicyclic amines) is 1. The topological polar surface area (TPSA) is 37.4 Å². The van der Waals surface area contributed by atoms with Crippen LogP contribution >= 0.6 is 0 Å². The summed E-state index contributed by atoms with van der Waals surface area (Å²) in [7, 11) is -1.17. The molecule has 1 rings (SSSR count). The zero-order chi connectivity index (χ0) is 11.1. The van der Waals surface area contributed by atoms with Crippen LogP contribution in [0.2, 0.25) is 13.1 Å². The van der Waals surface area contributed by atoms with Gasteiger partial charge in [-0.1, -0.05) is 13.1 Å². The Bertz CT molecular complexity index is 270. The fourth-order valence-corrected chi connectivity index (χ4v) is 4.14. The van der Waals surface area contributed by atoms with Gasteiger partial charge in [0.15, 0.2) is 0 Å². The van der Waals surface area contributed by atoms with E-state index in [-0.39, 0.29) is 11.4 Å². The molecule has 0 saturated carbocycles. The quantitative estimate of drug-likeness (QED) is 0.389. The number of rotatable bonds is 2. The third kappa shape index (κ3) is 1.41. The van der Waals surface area contributed by atoms with Gasteiger partial charge in [0.25, 0.3) is 0 Å². The molecule has 1 aliphatic heterocycles. The van der Waals surface area contributed by atoms with Crippen molar-refractivity contribution in [2.75, 3.05) is 0 Å². The Morgan fingerprint density at radius 2 is 1.93 bits per heavy atom. The van der Waals surface area contributed by atoms with Crippen LogP contribution in [0.1, 0.15) is 27.2 Å². The number of aldehydes is 1. The zero-order valence-electron chi connectivity index (χ0n) is 9.63. The molecule has 0 bridgehead atoms. The molecule has 0 N–H and O–H groups in total. The summed E-state index contributed by atoms with van der Waals surface area (Å²) in [5, 5.41) is -0.421. The van der Waals surface area contributed by atoms with Gasteiger partial charge in [-0.05, 0) is 20.8 Å². The molecule has 0 spiro atoms. The Kier molecular flexibility index (Phi) is 2.60. The first-order chi connectivity index (χ1) is 6.25. The molecule has 1 aliphatic rings. The summed E-state index contributed by atoms with van der Waals surface area (Å²) >= 11 is 0. The SMILES string of the molecule is C[SiH](C)[C@]1(C=O)CC(=O)N1C(C)(C)C. The van der Waals surface area contributed by atoms with Crippen LogP contribution in [0.25, 0.3) is 0 Å². The highest BCUT2D eigenvalue weighted by Gasteiger charge is 2.56. The molecule has 3 nitrogen and oxygen atoms in total. The molecular formula is C10H19NO2Si. The molecular weight excluding hydrogens is 194 g/mol. The van der Waals surface area contributed by atoms with Crippen LogP contribution in [0.3, 0.4) is 0 Å². The summed E-state index contributed by atoms with van der Waals surface area (Å²) in [6.07, 6.45) is 1.42. The van der Waals surface area contributed by atoms with E-state index in [4.69, 9.17) is 0 Å². The molecule has 1 saturated heterocycles. The highest BCUT2D eigenvalue weighted by atomic mass is 28.3. The lowest BCUT2D eigenvalue weighted by Crippen LogP contribution is -2.75. The summed E-state index contributed by atoms with van der Waals surface area (Å²) in [5.74, 6) is 0.116. The van der Waals surface area contributed by atoms with Crippen molar-refractivity contribution in [2.45, 2.75) is 51.0 Å². The van der Waals surface area contributed by atoms with Crippen molar-refractivity contribution in [1.82, 2.24) is 4.90 Å². The van der Waals surface area contributed by atoms with E-state index < -0.39 is 14.0 Å². The number of hydrogen-bond donors (Lipinski definition) is 0. The van der Waals surface area contributed by atoms with Gasteiger partial charge in [-0.2, -0.15) is 0 Å². The summed E-state index contributed by atoms with van der Waals surface area (Å²) < 4.78 is 0. The van der Waals surface area contributed by atoms with Gasteiger partial charge in [0.05, 0.1) is 20.4 Å². The van der Waals surface area contributed by atoms with Crippen LogP contribution < -0.4 is 0 Å². The van der Waals surface area contributed by atoms with Gasteiger partial charge in [-0.15, -0.1) is 0 Å². The Labute approximate surface area is 87.1 Å². The van der Waals surface area contributed by atoms with Gasteiger partial charge in [-0.3, -0.25) is 4.79 Å². The van der Waals surface area contributed by atoms with E-state index in [0.29, 0.717) is 6.42 Å². The van der Waals surface area contributed by atoms with Crippen LogP contribution in [0.15, 0.2) is 0 Å². The molecule has 0 aromatic carbocycles. The molecule has 0 unspecified atom stereocenters. The van der Waals surface area contributed by atoms with Crippen molar-refractivity contribution >= 4 is 21.0 Å². The van der Waals surface area contributed by atoms with Gasteiger partial charge < -0.3 is 9.69 Å². The number of carbonyl (C=O) groups is 2. The van der Waals surface area contributed by atoms with Crippen LogP contribution in [-0.2, 0) is 9.59 Å². The number of carbonyl (C=O) groups excluding carboxylic acids is 2. The van der Waals surface area contributed by atoms with Crippen LogP contribution in [0, 0.1) is 0 Å². The zero-order valence-corrected chi connectivity index (χ0v) is 10.8. The maximum Gasteiger partial charge on any atom is 0.226 e. The first-order valence-corrected chi connectivity index (χ1v) is 7.94. The van der Waals surface area contributed by atoms with Crippen molar-refractivity contribution in [3.05, 3.63) is 0 Å². The fraction of sp³-hybridized carbons (Fsp3) is 0.800. The van der Waals surface area contributed by atoms with Crippen LogP contribution in [0.5, 0.6) is 0 Å². The van der Waals surface area contributed by atoms with E-state index in [1.54, 1.807) is 4.90 Å². The predicted molar refractivity (Wildman–Crippen MR) is 58.9 cm³/mol. The molecule has 0 radical (unpaired) electrons. The van der Waals surface area contributed by atoms with Crippen molar-refractivity contribution in [3.63, 3.8) is 0 Å². The van der Waals surface area contributed by atoms with Crippen molar-refractivity contribution < 1.29 is 9.59 Å². The van der Waals surface area contributed by atoms with Crippen molar-refractivity contribution in [1.29, 1.82) is 0 Å². The summed E-state index contributed by atoms with van der Waals surface area (Å²) in [5.41, 5.74) is -0.229. The Hall–Kier alpha value is -0.643. The average Bonchev–Trinajstić information content (AvgIpc) is 1.94. The molecule has 4 heteroatoms. The minimum absolute atomic E-state index is 0.116. The van der Waals surface area contributed by atoms with Gasteiger partial charge in [0.1, 0.15) is 6.29 Å². The fourth-order valence-electron chi connectivity index (χ4n) is 2.23. The smallest absolute Gasteiger partial charge is 0.226 e. The van der Waals surface area contributed by atoms with Crippen LogP contribution in [-0.4, -0.2) is 36.6 Å².